The summed E-state index contributed by atoms with van der Waals surface area (Å²) in [4.78, 5) is 21.2. The number of hydrogen-bond acceptors (Lipinski definition) is 6. The van der Waals surface area contributed by atoms with E-state index in [0.717, 1.165) is 48.9 Å². The number of anilines is 2. The summed E-state index contributed by atoms with van der Waals surface area (Å²) in [5, 5.41) is 10.3. The van der Waals surface area contributed by atoms with E-state index in [0.29, 0.717) is 11.7 Å². The molecule has 0 spiro atoms. The number of nitrogens with one attached hydrogen (secondary N) is 1. The number of hydrogen-bond donors (Lipinski definition) is 1. The zero-order valence-electron chi connectivity index (χ0n) is 17.1. The van der Waals surface area contributed by atoms with Gasteiger partial charge >= 0.3 is 0 Å². The lowest BCUT2D eigenvalue weighted by molar-refractivity contribution is -0.117. The lowest BCUT2D eigenvalue weighted by Gasteiger charge is -2.35. The summed E-state index contributed by atoms with van der Waals surface area (Å²) in [7, 11) is 0. The second-order valence-corrected chi connectivity index (χ2v) is 8.23. The summed E-state index contributed by atoms with van der Waals surface area (Å²) in [6.45, 7) is 9.97. The fourth-order valence-corrected chi connectivity index (χ4v) is 4.52. The number of nitrogens with zero attached hydrogens (tertiary/aromatic N) is 5. The topological polar surface area (TPSA) is 66.3 Å². The van der Waals surface area contributed by atoms with Crippen molar-refractivity contribution in [2.24, 2.45) is 0 Å². The van der Waals surface area contributed by atoms with Gasteiger partial charge in [-0.25, -0.2) is 9.67 Å². The molecule has 4 rings (SSSR count). The molecule has 152 valence electrons. The van der Waals surface area contributed by atoms with Gasteiger partial charge in [0, 0.05) is 31.6 Å². The number of para-hydroxylation sites is 1. The van der Waals surface area contributed by atoms with E-state index in [4.69, 9.17) is 5.10 Å². The van der Waals surface area contributed by atoms with Gasteiger partial charge in [-0.05, 0) is 32.9 Å². The molecule has 1 aliphatic rings. The van der Waals surface area contributed by atoms with E-state index in [9.17, 15) is 4.79 Å². The molecule has 1 N–H and O–H groups in total. The minimum absolute atomic E-state index is 0.00272. The number of amides is 1. The summed E-state index contributed by atoms with van der Waals surface area (Å²) in [6, 6.07) is 10.2. The Kier molecular flexibility index (Phi) is 5.64. The monoisotopic (exact) mass is 410 g/mol. The van der Waals surface area contributed by atoms with Crippen molar-refractivity contribution in [3.8, 4) is 5.69 Å². The number of aromatic nitrogens is 3. The first-order valence-corrected chi connectivity index (χ1v) is 10.7. The maximum atomic E-state index is 12.3. The molecule has 1 aliphatic heterocycles. The van der Waals surface area contributed by atoms with E-state index in [2.05, 4.69) is 46.1 Å². The van der Waals surface area contributed by atoms with E-state index < -0.39 is 0 Å². The molecule has 0 aliphatic carbocycles. The van der Waals surface area contributed by atoms with Crippen molar-refractivity contribution in [3.63, 3.8) is 0 Å². The molecule has 1 fully saturated rings. The van der Waals surface area contributed by atoms with Crippen LogP contribution in [0.25, 0.3) is 5.69 Å². The fourth-order valence-electron chi connectivity index (χ4n) is 3.82. The average molecular weight is 411 g/mol. The summed E-state index contributed by atoms with van der Waals surface area (Å²) >= 11 is 1.46. The molecule has 0 bridgehead atoms. The van der Waals surface area contributed by atoms with E-state index in [1.165, 1.54) is 17.0 Å². The molecule has 1 aromatic carbocycles. The third kappa shape index (κ3) is 4.33. The minimum atomic E-state index is -0.00272. The quantitative estimate of drug-likeness (QED) is 0.700. The Bertz CT molecular complexity index is 988. The van der Waals surface area contributed by atoms with Crippen molar-refractivity contribution in [1.29, 1.82) is 0 Å². The van der Waals surface area contributed by atoms with Gasteiger partial charge in [0.05, 0.1) is 35.0 Å². The third-order valence-electron chi connectivity index (χ3n) is 5.17. The zero-order chi connectivity index (χ0) is 20.4. The maximum Gasteiger partial charge on any atom is 0.240 e. The van der Waals surface area contributed by atoms with Crippen LogP contribution in [-0.2, 0) is 4.79 Å². The van der Waals surface area contributed by atoms with E-state index in [1.54, 1.807) is 0 Å². The van der Waals surface area contributed by atoms with Gasteiger partial charge in [0.2, 0.25) is 5.91 Å². The Morgan fingerprint density at radius 3 is 2.48 bits per heavy atom. The molecule has 8 heteroatoms. The third-order valence-corrected chi connectivity index (χ3v) is 6.05. The second kappa shape index (κ2) is 8.34. The first kappa shape index (κ1) is 19.6. The molecule has 1 amide bonds. The van der Waals surface area contributed by atoms with E-state index in [-0.39, 0.29) is 5.91 Å². The van der Waals surface area contributed by atoms with Crippen LogP contribution in [-0.4, -0.2) is 58.3 Å². The predicted molar refractivity (Wildman–Crippen MR) is 117 cm³/mol. The Hall–Kier alpha value is -2.71. The van der Waals surface area contributed by atoms with Crippen molar-refractivity contribution in [2.75, 3.05) is 42.9 Å². The lowest BCUT2D eigenvalue weighted by Crippen LogP contribution is -2.49. The molecule has 3 heterocycles. The highest BCUT2D eigenvalue weighted by Gasteiger charge is 2.24. The fraction of sp³-hybridized carbons (Fsp3) is 0.381. The standard InChI is InChI=1S/C21H26N6OS/c1-15-14-29-21(22-15)23-19(28)13-25-9-11-26(12-10-25)20-16(2)24-27(17(20)3)18-7-5-4-6-8-18/h4-8,14H,9-13H2,1-3H3,(H,22,23,28). The molecule has 1 saturated heterocycles. The van der Waals surface area contributed by atoms with Crippen molar-refractivity contribution in [3.05, 3.63) is 52.8 Å². The van der Waals surface area contributed by atoms with E-state index >= 15 is 0 Å². The molecular weight excluding hydrogens is 384 g/mol. The number of piperazine rings is 1. The molecule has 7 nitrogen and oxygen atoms in total. The largest absolute Gasteiger partial charge is 0.366 e. The Balaban J connectivity index is 1.37. The lowest BCUT2D eigenvalue weighted by atomic mass is 10.2. The molecule has 0 atom stereocenters. The minimum Gasteiger partial charge on any atom is -0.366 e. The van der Waals surface area contributed by atoms with E-state index in [1.807, 2.05) is 35.2 Å². The van der Waals surface area contributed by atoms with Crippen LogP contribution in [0.1, 0.15) is 17.1 Å². The normalized spacial score (nSPS) is 14.9. The number of rotatable bonds is 5. The van der Waals surface area contributed by atoms with Crippen LogP contribution in [0.2, 0.25) is 0 Å². The van der Waals surface area contributed by atoms with Crippen molar-refractivity contribution < 1.29 is 4.79 Å². The zero-order valence-corrected chi connectivity index (χ0v) is 17.9. The van der Waals surface area contributed by atoms with Gasteiger partial charge < -0.3 is 10.2 Å². The van der Waals surface area contributed by atoms with Gasteiger partial charge in [0.15, 0.2) is 5.13 Å². The van der Waals surface area contributed by atoms with Gasteiger partial charge in [-0.15, -0.1) is 11.3 Å². The Morgan fingerprint density at radius 2 is 1.83 bits per heavy atom. The molecule has 3 aromatic rings. The molecule has 29 heavy (non-hydrogen) atoms. The Labute approximate surface area is 175 Å². The first-order chi connectivity index (χ1) is 14.0. The molecule has 0 unspecified atom stereocenters. The smallest absolute Gasteiger partial charge is 0.240 e. The van der Waals surface area contributed by atoms with Gasteiger partial charge in [-0.1, -0.05) is 18.2 Å². The van der Waals surface area contributed by atoms with Crippen LogP contribution in [0, 0.1) is 20.8 Å². The SMILES string of the molecule is Cc1csc(NC(=O)CN2CCN(c3c(C)nn(-c4ccccc4)c3C)CC2)n1. The van der Waals surface area contributed by atoms with Crippen LogP contribution in [0.4, 0.5) is 10.8 Å². The molecule has 0 radical (unpaired) electrons. The summed E-state index contributed by atoms with van der Waals surface area (Å²) in [5.41, 5.74) is 5.40. The van der Waals surface area contributed by atoms with Crippen molar-refractivity contribution >= 4 is 28.1 Å². The van der Waals surface area contributed by atoms with Gasteiger partial charge in [0.1, 0.15) is 0 Å². The molecule has 0 saturated carbocycles. The Morgan fingerprint density at radius 1 is 1.10 bits per heavy atom. The number of carbonyl (C=O) groups is 1. The number of aryl methyl sites for hydroxylation is 2. The van der Waals surface area contributed by atoms with Crippen LogP contribution in [0.15, 0.2) is 35.7 Å². The molecular formula is C21H26N6OS. The van der Waals surface area contributed by atoms with Gasteiger partial charge in [0.25, 0.3) is 0 Å². The highest BCUT2D eigenvalue weighted by Crippen LogP contribution is 2.27. The van der Waals surface area contributed by atoms with Crippen molar-refractivity contribution in [1.82, 2.24) is 19.7 Å². The highest BCUT2D eigenvalue weighted by molar-refractivity contribution is 7.13. The number of benzene rings is 1. The van der Waals surface area contributed by atoms with Crippen LogP contribution < -0.4 is 10.2 Å². The first-order valence-electron chi connectivity index (χ1n) is 9.82. The summed E-state index contributed by atoms with van der Waals surface area (Å²) in [5.74, 6) is -0.00272. The predicted octanol–water partition coefficient (Wildman–Crippen LogP) is 3.01. The van der Waals surface area contributed by atoms with Crippen LogP contribution >= 0.6 is 11.3 Å². The van der Waals surface area contributed by atoms with Gasteiger partial charge in [-0.2, -0.15) is 5.10 Å². The highest BCUT2D eigenvalue weighted by atomic mass is 32.1. The summed E-state index contributed by atoms with van der Waals surface area (Å²) in [6.07, 6.45) is 0. The van der Waals surface area contributed by atoms with Crippen LogP contribution in [0.5, 0.6) is 0 Å². The van der Waals surface area contributed by atoms with Gasteiger partial charge in [-0.3, -0.25) is 9.69 Å². The maximum absolute atomic E-state index is 12.3. The van der Waals surface area contributed by atoms with Crippen LogP contribution in [0.3, 0.4) is 0 Å². The molecule has 2 aromatic heterocycles. The number of carbonyl (C=O) groups excluding carboxylic acids is 1. The average Bonchev–Trinajstić information content (AvgIpc) is 3.25. The number of thiazole rings is 1. The van der Waals surface area contributed by atoms with Crippen molar-refractivity contribution in [2.45, 2.75) is 20.8 Å². The summed E-state index contributed by atoms with van der Waals surface area (Å²) < 4.78 is 2.01. The second-order valence-electron chi connectivity index (χ2n) is 7.37.